The highest BCUT2D eigenvalue weighted by Gasteiger charge is 2.61. The van der Waals surface area contributed by atoms with Crippen LogP contribution >= 0.6 is 0 Å². The molecule has 2 bridgehead atoms. The second-order valence-corrected chi connectivity index (χ2v) is 8.53. The van der Waals surface area contributed by atoms with Crippen LogP contribution in [0, 0.1) is 11.8 Å². The topological polar surface area (TPSA) is 59.1 Å². The number of hydrogen-bond donors (Lipinski definition) is 1. The van der Waals surface area contributed by atoms with Gasteiger partial charge in [0.1, 0.15) is 0 Å². The number of alkyl halides is 5. The molecule has 11 heteroatoms. The molecule has 2 unspecified atom stereocenters. The van der Waals surface area contributed by atoms with E-state index < -0.39 is 41.4 Å². The number of aromatic nitrogens is 4. The molecule has 1 saturated carbocycles. The zero-order valence-corrected chi connectivity index (χ0v) is 15.8. The van der Waals surface area contributed by atoms with Crippen LogP contribution in [0.4, 0.5) is 27.8 Å². The predicted molar refractivity (Wildman–Crippen MR) is 92.5 cm³/mol. The Kier molecular flexibility index (Phi) is 3.57. The van der Waals surface area contributed by atoms with Gasteiger partial charge in [0.05, 0.1) is 30.2 Å². The average Bonchev–Trinajstić information content (AvgIpc) is 3.25. The second-order valence-electron chi connectivity index (χ2n) is 8.53. The van der Waals surface area contributed by atoms with Gasteiger partial charge < -0.3 is 14.6 Å². The van der Waals surface area contributed by atoms with Gasteiger partial charge in [-0.2, -0.15) is 18.3 Å². The van der Waals surface area contributed by atoms with Crippen LogP contribution in [-0.4, -0.2) is 49.6 Å². The van der Waals surface area contributed by atoms with Gasteiger partial charge in [0.25, 0.3) is 5.92 Å². The van der Waals surface area contributed by atoms with Gasteiger partial charge in [-0.15, -0.1) is 0 Å². The van der Waals surface area contributed by atoms with E-state index in [9.17, 15) is 27.1 Å². The summed E-state index contributed by atoms with van der Waals surface area (Å²) < 4.78 is 70.8. The van der Waals surface area contributed by atoms with Crippen LogP contribution in [0.25, 0.3) is 11.4 Å². The number of rotatable bonds is 2. The first-order valence-corrected chi connectivity index (χ1v) is 9.49. The molecule has 6 rings (SSSR count). The van der Waals surface area contributed by atoms with E-state index in [2.05, 4.69) is 10.1 Å². The molecule has 1 N–H and O–H groups in total. The maximum Gasteiger partial charge on any atom is 0.424 e. The number of halogens is 5. The van der Waals surface area contributed by atoms with Crippen molar-refractivity contribution in [1.82, 2.24) is 19.3 Å². The number of hydrogen-bond acceptors (Lipinski definition) is 4. The predicted octanol–water partition coefficient (Wildman–Crippen LogP) is 3.18. The summed E-state index contributed by atoms with van der Waals surface area (Å²) in [7, 11) is 0. The van der Waals surface area contributed by atoms with Crippen LogP contribution in [-0.2, 0) is 12.1 Å². The van der Waals surface area contributed by atoms with Gasteiger partial charge in [-0.3, -0.25) is 4.68 Å². The highest BCUT2D eigenvalue weighted by Crippen LogP contribution is 2.53. The summed E-state index contributed by atoms with van der Waals surface area (Å²) in [6.45, 7) is 3.12. The normalized spacial score (nSPS) is 29.7. The van der Waals surface area contributed by atoms with Gasteiger partial charge in [0.15, 0.2) is 11.6 Å². The lowest BCUT2D eigenvalue weighted by Gasteiger charge is -2.53. The first-order chi connectivity index (χ1) is 13.4. The molecular weight excluding hydrogens is 397 g/mol. The Bertz CT molecular complexity index is 964. The van der Waals surface area contributed by atoms with Crippen LogP contribution in [0.3, 0.4) is 0 Å². The van der Waals surface area contributed by atoms with E-state index in [0.29, 0.717) is 30.6 Å². The first kappa shape index (κ1) is 18.8. The van der Waals surface area contributed by atoms with Crippen molar-refractivity contribution in [1.29, 1.82) is 0 Å². The van der Waals surface area contributed by atoms with Gasteiger partial charge in [0, 0.05) is 31.0 Å². The molecule has 0 spiro atoms. The molecule has 1 aliphatic carbocycles. The minimum atomic E-state index is -4.88. The van der Waals surface area contributed by atoms with E-state index >= 15 is 0 Å². The lowest BCUT2D eigenvalue weighted by Crippen LogP contribution is -2.62. The molecule has 0 aromatic carbocycles. The number of imidazole rings is 1. The zero-order valence-electron chi connectivity index (χ0n) is 15.8. The number of anilines is 1. The molecule has 0 radical (unpaired) electrons. The summed E-state index contributed by atoms with van der Waals surface area (Å²) in [5.74, 6) is -3.92. The van der Waals surface area contributed by atoms with Crippen LogP contribution in [0.1, 0.15) is 32.1 Å². The molecule has 158 valence electrons. The standard InChI is InChI=1S/C18H20F5N5O/c1-9-6-27-12(13-5-24-15(28(9)13)16(2,29)18(21,22)23)4-14(25-27)26-7-10-3-11(8-26)17(10,19)20/h4-5,9-11,29H,3,6-8H2,1-2H3/t9-,10?,11?,16+/m0/s1. The molecule has 0 amide bonds. The smallest absolute Gasteiger partial charge is 0.374 e. The molecule has 2 aromatic rings. The maximum absolute atomic E-state index is 13.8. The van der Waals surface area contributed by atoms with E-state index in [0.717, 1.165) is 0 Å². The molecule has 2 aromatic heterocycles. The number of nitrogens with zero attached hydrogens (tertiary/aromatic N) is 5. The van der Waals surface area contributed by atoms with Crippen molar-refractivity contribution in [2.24, 2.45) is 11.8 Å². The van der Waals surface area contributed by atoms with Crippen LogP contribution in [0.15, 0.2) is 12.3 Å². The van der Waals surface area contributed by atoms with Crippen LogP contribution in [0.5, 0.6) is 0 Å². The number of piperidine rings is 2. The Balaban J connectivity index is 1.51. The molecule has 4 aliphatic rings. The summed E-state index contributed by atoms with van der Waals surface area (Å²) in [5, 5.41) is 14.6. The van der Waals surface area contributed by atoms with E-state index in [1.807, 2.05) is 4.90 Å². The van der Waals surface area contributed by atoms with Crippen LogP contribution < -0.4 is 4.90 Å². The van der Waals surface area contributed by atoms with Crippen LogP contribution in [0.2, 0.25) is 0 Å². The number of fused-ring (bicyclic) bond motifs is 5. The molecule has 2 saturated heterocycles. The zero-order chi connectivity index (χ0) is 20.9. The highest BCUT2D eigenvalue weighted by atomic mass is 19.4. The third kappa shape index (κ3) is 2.42. The van der Waals surface area contributed by atoms with Crippen molar-refractivity contribution >= 4 is 5.82 Å². The third-order valence-corrected chi connectivity index (χ3v) is 6.55. The maximum atomic E-state index is 13.8. The van der Waals surface area contributed by atoms with Gasteiger partial charge >= 0.3 is 6.18 Å². The fourth-order valence-corrected chi connectivity index (χ4v) is 4.74. The van der Waals surface area contributed by atoms with Crippen molar-refractivity contribution in [2.45, 2.75) is 50.6 Å². The van der Waals surface area contributed by atoms with Gasteiger partial charge in [-0.05, 0) is 20.3 Å². The third-order valence-electron chi connectivity index (χ3n) is 6.55. The van der Waals surface area contributed by atoms with E-state index in [1.165, 1.54) is 10.8 Å². The quantitative estimate of drug-likeness (QED) is 0.763. The molecule has 3 fully saturated rings. The lowest BCUT2D eigenvalue weighted by molar-refractivity contribution is -0.262. The van der Waals surface area contributed by atoms with E-state index in [1.54, 1.807) is 17.7 Å². The van der Waals surface area contributed by atoms with E-state index in [-0.39, 0.29) is 19.6 Å². The Morgan fingerprint density at radius 3 is 2.38 bits per heavy atom. The summed E-state index contributed by atoms with van der Waals surface area (Å²) >= 11 is 0. The minimum Gasteiger partial charge on any atom is -0.374 e. The number of aliphatic hydroxyl groups is 1. The Morgan fingerprint density at radius 2 is 1.79 bits per heavy atom. The lowest BCUT2D eigenvalue weighted by atomic mass is 9.67. The SMILES string of the molecule is C[C@H]1Cn2nc(N3CC4CC(C3)C4(F)F)cc2-c2cnc([C@@](C)(O)C(F)(F)F)n21. The second kappa shape index (κ2) is 5.50. The van der Waals surface area contributed by atoms with Crippen molar-refractivity contribution in [3.63, 3.8) is 0 Å². The van der Waals surface area contributed by atoms with E-state index in [4.69, 9.17) is 0 Å². The van der Waals surface area contributed by atoms with Crippen molar-refractivity contribution in [3.8, 4) is 11.4 Å². The molecule has 4 atom stereocenters. The highest BCUT2D eigenvalue weighted by molar-refractivity contribution is 5.62. The minimum absolute atomic E-state index is 0.211. The van der Waals surface area contributed by atoms with Gasteiger partial charge in [-0.1, -0.05) is 0 Å². The first-order valence-electron chi connectivity index (χ1n) is 9.49. The summed E-state index contributed by atoms with van der Waals surface area (Å²) in [4.78, 5) is 5.70. The molecule has 5 heterocycles. The fourth-order valence-electron chi connectivity index (χ4n) is 4.74. The Hall–Kier alpha value is -2.17. The van der Waals surface area contributed by atoms with Crippen molar-refractivity contribution < 1.29 is 27.1 Å². The molecule has 6 nitrogen and oxygen atoms in total. The Labute approximate surface area is 162 Å². The monoisotopic (exact) mass is 417 g/mol. The fraction of sp³-hybridized carbons (Fsp3) is 0.667. The molecule has 29 heavy (non-hydrogen) atoms. The van der Waals surface area contributed by atoms with Gasteiger partial charge in [-0.25, -0.2) is 13.8 Å². The van der Waals surface area contributed by atoms with Crippen molar-refractivity contribution in [3.05, 3.63) is 18.1 Å². The Morgan fingerprint density at radius 1 is 1.14 bits per heavy atom. The molecular formula is C18H20F5N5O. The van der Waals surface area contributed by atoms with Gasteiger partial charge in [0.2, 0.25) is 5.60 Å². The summed E-state index contributed by atoms with van der Waals surface area (Å²) in [6.07, 6.45) is -3.07. The summed E-state index contributed by atoms with van der Waals surface area (Å²) in [5.41, 5.74) is -2.13. The summed E-state index contributed by atoms with van der Waals surface area (Å²) in [6, 6.07) is 1.28. The van der Waals surface area contributed by atoms with Crippen molar-refractivity contribution in [2.75, 3.05) is 18.0 Å². The molecule has 3 aliphatic heterocycles. The average molecular weight is 417 g/mol. The largest absolute Gasteiger partial charge is 0.424 e.